The number of carbonyl (C=O) groups is 1. The third kappa shape index (κ3) is 2.25. The second kappa shape index (κ2) is 4.67. The van der Waals surface area contributed by atoms with Gasteiger partial charge in [0.2, 0.25) is 0 Å². The fourth-order valence-electron chi connectivity index (χ4n) is 1.87. The van der Waals surface area contributed by atoms with E-state index in [1.54, 1.807) is 17.0 Å². The summed E-state index contributed by atoms with van der Waals surface area (Å²) in [5, 5.41) is 9.05. The van der Waals surface area contributed by atoms with E-state index in [0.29, 0.717) is 18.8 Å². The fourth-order valence-corrected chi connectivity index (χ4v) is 1.87. The highest BCUT2D eigenvalue weighted by molar-refractivity contribution is 5.91. The van der Waals surface area contributed by atoms with Gasteiger partial charge in [-0.05, 0) is 19.1 Å². The maximum Gasteiger partial charge on any atom is 0.289 e. The highest BCUT2D eigenvalue weighted by Gasteiger charge is 2.29. The Labute approximate surface area is 93.6 Å². The summed E-state index contributed by atoms with van der Waals surface area (Å²) in [7, 11) is 0. The van der Waals surface area contributed by atoms with Crippen LogP contribution in [0.2, 0.25) is 0 Å². The van der Waals surface area contributed by atoms with Crippen LogP contribution in [0.5, 0.6) is 0 Å². The first-order valence-corrected chi connectivity index (χ1v) is 5.30. The lowest BCUT2D eigenvalue weighted by Crippen LogP contribution is -2.50. The molecule has 0 aromatic carbocycles. The summed E-state index contributed by atoms with van der Waals surface area (Å²) < 4.78 is 10.5. The molecule has 5 nitrogen and oxygen atoms in total. The van der Waals surface area contributed by atoms with Crippen molar-refractivity contribution in [3.8, 4) is 0 Å². The number of aliphatic hydroxyl groups excluding tert-OH is 1. The molecular weight excluding hydrogens is 210 g/mol. The summed E-state index contributed by atoms with van der Waals surface area (Å²) in [6.07, 6.45) is 1.10. The molecule has 0 aliphatic carbocycles. The lowest BCUT2D eigenvalue weighted by molar-refractivity contribution is -0.0863. The number of hydrogen-bond acceptors (Lipinski definition) is 4. The lowest BCUT2D eigenvalue weighted by Gasteiger charge is -2.35. The van der Waals surface area contributed by atoms with E-state index in [0.717, 1.165) is 0 Å². The van der Waals surface area contributed by atoms with Gasteiger partial charge in [-0.15, -0.1) is 0 Å². The molecule has 88 valence electrons. The topological polar surface area (TPSA) is 62.9 Å². The number of hydrogen-bond donors (Lipinski definition) is 1. The van der Waals surface area contributed by atoms with Gasteiger partial charge in [0.1, 0.15) is 0 Å². The summed E-state index contributed by atoms with van der Waals surface area (Å²) in [6, 6.07) is 3.32. The molecule has 0 radical (unpaired) electrons. The molecule has 2 atom stereocenters. The van der Waals surface area contributed by atoms with Crippen LogP contribution in [0.15, 0.2) is 22.8 Å². The number of nitrogens with zero attached hydrogens (tertiary/aromatic N) is 1. The molecule has 2 heterocycles. The number of carbonyl (C=O) groups excluding carboxylic acids is 1. The molecule has 2 unspecified atom stereocenters. The van der Waals surface area contributed by atoms with Gasteiger partial charge >= 0.3 is 0 Å². The van der Waals surface area contributed by atoms with Crippen molar-refractivity contribution in [2.24, 2.45) is 0 Å². The van der Waals surface area contributed by atoms with Crippen LogP contribution in [-0.4, -0.2) is 47.8 Å². The Balaban J connectivity index is 2.06. The van der Waals surface area contributed by atoms with E-state index in [9.17, 15) is 4.79 Å². The number of ether oxygens (including phenoxy) is 1. The van der Waals surface area contributed by atoms with Crippen molar-refractivity contribution in [1.29, 1.82) is 0 Å². The first-order chi connectivity index (χ1) is 7.70. The SMILES string of the molecule is CC1CN(C(=O)c2ccco2)CC(CO)O1. The number of amides is 1. The molecule has 1 amide bonds. The molecule has 5 heteroatoms. The average molecular weight is 225 g/mol. The van der Waals surface area contributed by atoms with Crippen molar-refractivity contribution >= 4 is 5.91 Å². The van der Waals surface area contributed by atoms with Gasteiger partial charge in [0.25, 0.3) is 5.91 Å². The minimum absolute atomic E-state index is 0.0650. The number of furan rings is 1. The van der Waals surface area contributed by atoms with Crippen molar-refractivity contribution in [1.82, 2.24) is 4.90 Å². The van der Waals surface area contributed by atoms with E-state index >= 15 is 0 Å². The first-order valence-electron chi connectivity index (χ1n) is 5.30. The molecule has 0 spiro atoms. The Morgan fingerprint density at radius 1 is 1.62 bits per heavy atom. The Kier molecular flexibility index (Phi) is 3.26. The average Bonchev–Trinajstić information content (AvgIpc) is 2.80. The number of aliphatic hydroxyl groups is 1. The van der Waals surface area contributed by atoms with Crippen LogP contribution in [0.25, 0.3) is 0 Å². The molecular formula is C11H15NO4. The monoisotopic (exact) mass is 225 g/mol. The molecule has 0 bridgehead atoms. The third-order valence-corrected chi connectivity index (χ3v) is 2.55. The maximum absolute atomic E-state index is 12.0. The van der Waals surface area contributed by atoms with E-state index in [2.05, 4.69) is 0 Å². The van der Waals surface area contributed by atoms with E-state index in [1.807, 2.05) is 6.92 Å². The zero-order valence-corrected chi connectivity index (χ0v) is 9.13. The van der Waals surface area contributed by atoms with Crippen LogP contribution < -0.4 is 0 Å². The summed E-state index contributed by atoms with van der Waals surface area (Å²) in [6.45, 7) is 2.73. The van der Waals surface area contributed by atoms with Crippen LogP contribution in [0.3, 0.4) is 0 Å². The van der Waals surface area contributed by atoms with Crippen molar-refractivity contribution in [2.75, 3.05) is 19.7 Å². The predicted molar refractivity (Wildman–Crippen MR) is 56.0 cm³/mol. The summed E-state index contributed by atoms with van der Waals surface area (Å²) in [4.78, 5) is 13.6. The van der Waals surface area contributed by atoms with Gasteiger partial charge in [-0.1, -0.05) is 0 Å². The standard InChI is InChI=1S/C11H15NO4/c1-8-5-12(6-9(7-13)16-8)11(14)10-3-2-4-15-10/h2-4,8-9,13H,5-7H2,1H3. The second-order valence-electron chi connectivity index (χ2n) is 3.94. The lowest BCUT2D eigenvalue weighted by atomic mass is 10.2. The van der Waals surface area contributed by atoms with Gasteiger partial charge in [-0.3, -0.25) is 4.79 Å². The molecule has 1 N–H and O–H groups in total. The number of morpholine rings is 1. The van der Waals surface area contributed by atoms with E-state index in [-0.39, 0.29) is 24.7 Å². The molecule has 1 fully saturated rings. The van der Waals surface area contributed by atoms with Gasteiger partial charge in [-0.2, -0.15) is 0 Å². The molecule has 1 aliphatic rings. The van der Waals surface area contributed by atoms with Gasteiger partial charge in [-0.25, -0.2) is 0 Å². The van der Waals surface area contributed by atoms with Gasteiger partial charge in [0.05, 0.1) is 25.1 Å². The highest BCUT2D eigenvalue weighted by atomic mass is 16.5. The van der Waals surface area contributed by atoms with E-state index < -0.39 is 0 Å². The maximum atomic E-state index is 12.0. The van der Waals surface area contributed by atoms with Crippen molar-refractivity contribution in [3.05, 3.63) is 24.2 Å². The van der Waals surface area contributed by atoms with Gasteiger partial charge in [0.15, 0.2) is 5.76 Å². The molecule has 1 aliphatic heterocycles. The molecule has 1 saturated heterocycles. The Morgan fingerprint density at radius 2 is 2.44 bits per heavy atom. The first kappa shape index (κ1) is 11.2. The summed E-state index contributed by atoms with van der Waals surface area (Å²) in [5.41, 5.74) is 0. The minimum atomic E-state index is -0.303. The Morgan fingerprint density at radius 3 is 3.06 bits per heavy atom. The quantitative estimate of drug-likeness (QED) is 0.796. The molecule has 16 heavy (non-hydrogen) atoms. The summed E-state index contributed by atoms with van der Waals surface area (Å²) in [5.74, 6) is 0.171. The van der Waals surface area contributed by atoms with E-state index in [1.165, 1.54) is 6.26 Å². The molecule has 0 saturated carbocycles. The Hall–Kier alpha value is -1.33. The smallest absolute Gasteiger partial charge is 0.289 e. The second-order valence-corrected chi connectivity index (χ2v) is 3.94. The van der Waals surface area contributed by atoms with Gasteiger partial charge < -0.3 is 19.2 Å². The van der Waals surface area contributed by atoms with Crippen LogP contribution in [0.1, 0.15) is 17.5 Å². The zero-order chi connectivity index (χ0) is 11.5. The zero-order valence-electron chi connectivity index (χ0n) is 9.13. The van der Waals surface area contributed by atoms with Crippen LogP contribution >= 0.6 is 0 Å². The van der Waals surface area contributed by atoms with E-state index in [4.69, 9.17) is 14.3 Å². The summed E-state index contributed by atoms with van der Waals surface area (Å²) >= 11 is 0. The Bertz CT molecular complexity index is 349. The molecule has 1 aromatic rings. The molecule has 2 rings (SSSR count). The normalized spacial score (nSPS) is 25.8. The van der Waals surface area contributed by atoms with Crippen LogP contribution in [-0.2, 0) is 4.74 Å². The predicted octanol–water partition coefficient (Wildman–Crippen LogP) is 0.501. The minimum Gasteiger partial charge on any atom is -0.459 e. The van der Waals surface area contributed by atoms with Gasteiger partial charge in [0, 0.05) is 13.1 Å². The molecule has 1 aromatic heterocycles. The number of rotatable bonds is 2. The highest BCUT2D eigenvalue weighted by Crippen LogP contribution is 2.14. The van der Waals surface area contributed by atoms with Crippen LogP contribution in [0, 0.1) is 0 Å². The third-order valence-electron chi connectivity index (χ3n) is 2.55. The van der Waals surface area contributed by atoms with Crippen molar-refractivity contribution < 1.29 is 19.1 Å². The fraction of sp³-hybridized carbons (Fsp3) is 0.545. The van der Waals surface area contributed by atoms with Crippen molar-refractivity contribution in [2.45, 2.75) is 19.1 Å². The van der Waals surface area contributed by atoms with Crippen LogP contribution in [0.4, 0.5) is 0 Å². The van der Waals surface area contributed by atoms with Crippen molar-refractivity contribution in [3.63, 3.8) is 0 Å². The largest absolute Gasteiger partial charge is 0.459 e.